The van der Waals surface area contributed by atoms with E-state index in [9.17, 15) is 8.42 Å². The number of hydrogen-bond acceptors (Lipinski definition) is 3. The Morgan fingerprint density at radius 3 is 1.76 bits per heavy atom. The molecule has 2 aromatic carbocycles. The van der Waals surface area contributed by atoms with Gasteiger partial charge in [-0.25, -0.2) is 0 Å². The van der Waals surface area contributed by atoms with Crippen LogP contribution in [0.25, 0.3) is 11.1 Å². The monoisotopic (exact) mass is 304 g/mol. The highest BCUT2D eigenvalue weighted by atomic mass is 32.2. The smallest absolute Gasteiger partial charge is 0.264 e. The Morgan fingerprint density at radius 2 is 1.33 bits per heavy atom. The predicted octanol–water partition coefficient (Wildman–Crippen LogP) is 3.78. The minimum absolute atomic E-state index is 0.0779. The van der Waals surface area contributed by atoms with E-state index < -0.39 is 10.1 Å². The maximum Gasteiger partial charge on any atom is 0.264 e. The highest BCUT2D eigenvalue weighted by Gasteiger charge is 2.03. The zero-order valence-electron chi connectivity index (χ0n) is 12.4. The first-order chi connectivity index (χ1) is 9.98. The summed E-state index contributed by atoms with van der Waals surface area (Å²) >= 11 is 0. The summed E-state index contributed by atoms with van der Waals surface area (Å²) in [5, 5.41) is 0. The summed E-state index contributed by atoms with van der Waals surface area (Å²) in [4.78, 5) is 0. The van der Waals surface area contributed by atoms with Gasteiger partial charge in [0.25, 0.3) is 10.1 Å². The standard InChI is InChI=1S/C17H20O3S/c1-3-4-14-5-9-16(10-6-14)17-11-7-15(8-12-17)13-20-21(2,18)19/h5-12H,3-4,13H2,1-2H3. The molecule has 0 radical (unpaired) electrons. The SMILES string of the molecule is CCCc1ccc(-c2ccc(COS(C)(=O)=O)cc2)cc1. The molecule has 112 valence electrons. The van der Waals surface area contributed by atoms with Gasteiger partial charge in [-0.05, 0) is 28.7 Å². The fourth-order valence-electron chi connectivity index (χ4n) is 2.12. The number of aryl methyl sites for hydroxylation is 1. The van der Waals surface area contributed by atoms with Gasteiger partial charge in [-0.1, -0.05) is 61.9 Å². The first-order valence-corrected chi connectivity index (χ1v) is 8.82. The van der Waals surface area contributed by atoms with Crippen LogP contribution in [0.15, 0.2) is 48.5 Å². The second kappa shape index (κ2) is 6.87. The molecule has 0 amide bonds. The molecule has 0 aliphatic carbocycles. The molecule has 0 aromatic heterocycles. The molecule has 3 nitrogen and oxygen atoms in total. The lowest BCUT2D eigenvalue weighted by Crippen LogP contribution is -2.02. The molecule has 0 heterocycles. The van der Waals surface area contributed by atoms with Crippen LogP contribution < -0.4 is 0 Å². The quantitative estimate of drug-likeness (QED) is 0.763. The minimum Gasteiger partial charge on any atom is -0.265 e. The van der Waals surface area contributed by atoms with Crippen LogP contribution >= 0.6 is 0 Å². The molecule has 0 atom stereocenters. The summed E-state index contributed by atoms with van der Waals surface area (Å²) in [5.74, 6) is 0. The van der Waals surface area contributed by atoms with Crippen LogP contribution in [0, 0.1) is 0 Å². The van der Waals surface area contributed by atoms with E-state index >= 15 is 0 Å². The highest BCUT2D eigenvalue weighted by molar-refractivity contribution is 7.85. The van der Waals surface area contributed by atoms with Gasteiger partial charge in [-0.3, -0.25) is 4.18 Å². The maximum atomic E-state index is 11.0. The topological polar surface area (TPSA) is 43.4 Å². The molecular weight excluding hydrogens is 284 g/mol. The number of rotatable bonds is 6. The van der Waals surface area contributed by atoms with Gasteiger partial charge in [0.1, 0.15) is 0 Å². The fourth-order valence-corrected chi connectivity index (χ4v) is 2.47. The summed E-state index contributed by atoms with van der Waals surface area (Å²) in [6.45, 7) is 2.25. The number of benzene rings is 2. The van der Waals surface area contributed by atoms with Crippen LogP contribution in [0.4, 0.5) is 0 Å². The van der Waals surface area contributed by atoms with Crippen molar-refractivity contribution in [1.29, 1.82) is 0 Å². The lowest BCUT2D eigenvalue weighted by molar-refractivity contribution is 0.312. The minimum atomic E-state index is -3.39. The zero-order valence-corrected chi connectivity index (χ0v) is 13.2. The van der Waals surface area contributed by atoms with E-state index in [0.717, 1.165) is 35.8 Å². The molecular formula is C17H20O3S. The van der Waals surface area contributed by atoms with Crippen molar-refractivity contribution in [1.82, 2.24) is 0 Å². The fraction of sp³-hybridized carbons (Fsp3) is 0.294. The molecule has 0 N–H and O–H groups in total. The Labute approximate surface area is 126 Å². The third-order valence-corrected chi connectivity index (χ3v) is 3.77. The second-order valence-electron chi connectivity index (χ2n) is 5.11. The lowest BCUT2D eigenvalue weighted by Gasteiger charge is -2.06. The highest BCUT2D eigenvalue weighted by Crippen LogP contribution is 2.21. The van der Waals surface area contributed by atoms with Crippen LogP contribution in [0.3, 0.4) is 0 Å². The lowest BCUT2D eigenvalue weighted by atomic mass is 10.0. The van der Waals surface area contributed by atoms with Crippen molar-refractivity contribution in [2.45, 2.75) is 26.4 Å². The van der Waals surface area contributed by atoms with Crippen molar-refractivity contribution in [2.24, 2.45) is 0 Å². The maximum absolute atomic E-state index is 11.0. The van der Waals surface area contributed by atoms with Crippen molar-refractivity contribution in [2.75, 3.05) is 6.26 Å². The van der Waals surface area contributed by atoms with E-state index in [1.54, 1.807) is 0 Å². The average molecular weight is 304 g/mol. The van der Waals surface area contributed by atoms with Crippen molar-refractivity contribution < 1.29 is 12.6 Å². The van der Waals surface area contributed by atoms with Gasteiger partial charge in [-0.2, -0.15) is 8.42 Å². The molecule has 2 aromatic rings. The van der Waals surface area contributed by atoms with Gasteiger partial charge >= 0.3 is 0 Å². The molecule has 0 aliphatic heterocycles. The first-order valence-electron chi connectivity index (χ1n) is 7.00. The van der Waals surface area contributed by atoms with Gasteiger partial charge in [0.2, 0.25) is 0 Å². The van der Waals surface area contributed by atoms with Crippen LogP contribution in [0.1, 0.15) is 24.5 Å². The summed E-state index contributed by atoms with van der Waals surface area (Å²) in [6, 6.07) is 16.3. The van der Waals surface area contributed by atoms with E-state index in [4.69, 9.17) is 4.18 Å². The molecule has 0 unspecified atom stereocenters. The van der Waals surface area contributed by atoms with Crippen LogP contribution in [0.2, 0.25) is 0 Å². The zero-order chi connectivity index (χ0) is 15.3. The van der Waals surface area contributed by atoms with Gasteiger partial charge in [-0.15, -0.1) is 0 Å². The van der Waals surface area contributed by atoms with Crippen LogP contribution in [-0.4, -0.2) is 14.7 Å². The first kappa shape index (κ1) is 15.7. The number of hydrogen-bond donors (Lipinski definition) is 0. The van der Waals surface area contributed by atoms with E-state index in [0.29, 0.717) is 0 Å². The Bertz CT molecular complexity index is 671. The van der Waals surface area contributed by atoms with E-state index in [1.165, 1.54) is 5.56 Å². The Hall–Kier alpha value is -1.65. The molecule has 21 heavy (non-hydrogen) atoms. The Balaban J connectivity index is 2.07. The van der Waals surface area contributed by atoms with Crippen molar-refractivity contribution in [3.05, 3.63) is 59.7 Å². The summed E-state index contributed by atoms with van der Waals surface area (Å²) in [6.07, 6.45) is 3.30. The van der Waals surface area contributed by atoms with E-state index in [1.807, 2.05) is 24.3 Å². The summed E-state index contributed by atoms with van der Waals surface area (Å²) < 4.78 is 26.7. The van der Waals surface area contributed by atoms with Gasteiger partial charge in [0, 0.05) is 0 Å². The largest absolute Gasteiger partial charge is 0.265 e. The van der Waals surface area contributed by atoms with E-state index in [-0.39, 0.29) is 6.61 Å². The second-order valence-corrected chi connectivity index (χ2v) is 6.75. The molecule has 0 saturated heterocycles. The normalized spacial score (nSPS) is 11.5. The third kappa shape index (κ3) is 4.99. The Kier molecular flexibility index (Phi) is 5.15. The van der Waals surface area contributed by atoms with Crippen molar-refractivity contribution in [3.8, 4) is 11.1 Å². The van der Waals surface area contributed by atoms with Gasteiger partial charge < -0.3 is 0 Å². The summed E-state index contributed by atoms with van der Waals surface area (Å²) in [5.41, 5.74) is 4.46. The van der Waals surface area contributed by atoms with Gasteiger partial charge in [0.05, 0.1) is 12.9 Å². The molecule has 0 saturated carbocycles. The van der Waals surface area contributed by atoms with Gasteiger partial charge in [0.15, 0.2) is 0 Å². The molecule has 2 rings (SSSR count). The average Bonchev–Trinajstić information content (AvgIpc) is 2.46. The Morgan fingerprint density at radius 1 is 0.857 bits per heavy atom. The predicted molar refractivity (Wildman–Crippen MR) is 85.5 cm³/mol. The molecule has 0 aliphatic rings. The van der Waals surface area contributed by atoms with Crippen molar-refractivity contribution >= 4 is 10.1 Å². The van der Waals surface area contributed by atoms with Crippen LogP contribution in [-0.2, 0) is 27.3 Å². The van der Waals surface area contributed by atoms with E-state index in [2.05, 4.69) is 31.2 Å². The molecule has 4 heteroatoms. The van der Waals surface area contributed by atoms with Crippen LogP contribution in [0.5, 0.6) is 0 Å². The summed E-state index contributed by atoms with van der Waals surface area (Å²) in [7, 11) is -3.39. The molecule has 0 spiro atoms. The molecule has 0 fully saturated rings. The van der Waals surface area contributed by atoms with Crippen molar-refractivity contribution in [3.63, 3.8) is 0 Å². The third-order valence-electron chi connectivity index (χ3n) is 3.22. The molecule has 0 bridgehead atoms.